The average Bonchev–Trinajstić information content (AvgIpc) is 3.51. The van der Waals surface area contributed by atoms with Crippen LogP contribution in [-0.4, -0.2) is 5.91 Å². The van der Waals surface area contributed by atoms with E-state index in [4.69, 9.17) is 11.6 Å². The van der Waals surface area contributed by atoms with Crippen LogP contribution in [0.2, 0.25) is 5.02 Å². The zero-order chi connectivity index (χ0) is 21.3. The molecule has 2 nitrogen and oxygen atoms in total. The van der Waals surface area contributed by atoms with Gasteiger partial charge in [0.15, 0.2) is 0 Å². The maximum absolute atomic E-state index is 13.4. The Balaban J connectivity index is 1.69. The predicted molar refractivity (Wildman–Crippen MR) is 125 cm³/mol. The van der Waals surface area contributed by atoms with Crippen LogP contribution in [0.5, 0.6) is 0 Å². The van der Waals surface area contributed by atoms with Crippen LogP contribution >= 0.6 is 11.6 Å². The average molecular weight is 424 g/mol. The summed E-state index contributed by atoms with van der Waals surface area (Å²) in [6, 6.07) is 38.3. The monoisotopic (exact) mass is 423 g/mol. The molecular weight excluding hydrogens is 402 g/mol. The summed E-state index contributed by atoms with van der Waals surface area (Å²) in [5.41, 5.74) is 3.00. The van der Waals surface area contributed by atoms with Crippen molar-refractivity contribution in [2.75, 3.05) is 0 Å². The van der Waals surface area contributed by atoms with Gasteiger partial charge in [0.25, 0.3) is 5.91 Å². The molecule has 1 unspecified atom stereocenters. The standard InChI is InChI=1S/C28H22ClNO/c29-25-19-11-10-18-24(25)26(31)30-28(23-16-8-3-9-17-23)20-27(28,21-12-4-1-5-13-21)22-14-6-2-7-15-22/h1-19H,20H2,(H,30,31). The summed E-state index contributed by atoms with van der Waals surface area (Å²) in [5.74, 6) is -0.164. The summed E-state index contributed by atoms with van der Waals surface area (Å²) in [5, 5.41) is 3.86. The van der Waals surface area contributed by atoms with Crippen LogP contribution in [0.25, 0.3) is 0 Å². The largest absolute Gasteiger partial charge is 0.341 e. The molecule has 0 saturated heterocycles. The molecule has 0 aliphatic heterocycles. The lowest BCUT2D eigenvalue weighted by Crippen LogP contribution is -2.41. The first kappa shape index (κ1) is 19.6. The molecule has 31 heavy (non-hydrogen) atoms. The molecule has 1 aliphatic carbocycles. The van der Waals surface area contributed by atoms with E-state index in [1.165, 1.54) is 11.1 Å². The molecule has 4 aromatic rings. The molecule has 0 heterocycles. The van der Waals surface area contributed by atoms with Gasteiger partial charge in [-0.25, -0.2) is 0 Å². The molecule has 4 aromatic carbocycles. The van der Waals surface area contributed by atoms with E-state index in [0.29, 0.717) is 10.6 Å². The van der Waals surface area contributed by atoms with Gasteiger partial charge in [0.2, 0.25) is 0 Å². The third kappa shape index (κ3) is 3.15. The van der Waals surface area contributed by atoms with E-state index >= 15 is 0 Å². The van der Waals surface area contributed by atoms with Crippen molar-refractivity contribution in [3.8, 4) is 0 Å². The minimum atomic E-state index is -0.576. The number of carbonyl (C=O) groups is 1. The van der Waals surface area contributed by atoms with Gasteiger partial charge in [-0.1, -0.05) is 115 Å². The minimum absolute atomic E-state index is 0.164. The third-order valence-electron chi connectivity index (χ3n) is 6.38. The second-order valence-electron chi connectivity index (χ2n) is 8.02. The summed E-state index contributed by atoms with van der Waals surface area (Å²) >= 11 is 6.36. The molecule has 0 aromatic heterocycles. The third-order valence-corrected chi connectivity index (χ3v) is 6.71. The highest BCUT2D eigenvalue weighted by Crippen LogP contribution is 2.67. The fourth-order valence-electron chi connectivity index (χ4n) is 4.86. The maximum atomic E-state index is 13.4. The zero-order valence-electron chi connectivity index (χ0n) is 17.0. The smallest absolute Gasteiger partial charge is 0.253 e. The highest BCUT2D eigenvalue weighted by Gasteiger charge is 2.70. The summed E-state index contributed by atoms with van der Waals surface area (Å²) in [6.07, 6.45) is 0.772. The number of hydrogen-bond donors (Lipinski definition) is 1. The Bertz CT molecular complexity index is 1170. The van der Waals surface area contributed by atoms with Crippen LogP contribution in [0.3, 0.4) is 0 Å². The number of halogens is 1. The van der Waals surface area contributed by atoms with Gasteiger partial charge in [0.05, 0.1) is 21.5 Å². The highest BCUT2D eigenvalue weighted by atomic mass is 35.5. The Morgan fingerprint density at radius 2 is 1.10 bits per heavy atom. The fourth-order valence-corrected chi connectivity index (χ4v) is 5.08. The van der Waals surface area contributed by atoms with Gasteiger partial charge in [-0.2, -0.15) is 0 Å². The lowest BCUT2D eigenvalue weighted by atomic mass is 9.81. The lowest BCUT2D eigenvalue weighted by molar-refractivity contribution is 0.0926. The predicted octanol–water partition coefficient (Wildman–Crippen LogP) is 6.36. The molecule has 0 bridgehead atoms. The van der Waals surface area contributed by atoms with Crippen LogP contribution in [0, 0.1) is 0 Å². The normalized spacial score (nSPS) is 18.9. The topological polar surface area (TPSA) is 29.1 Å². The Hall–Kier alpha value is -3.36. The van der Waals surface area contributed by atoms with E-state index in [1.54, 1.807) is 12.1 Å². The van der Waals surface area contributed by atoms with Crippen molar-refractivity contribution in [1.82, 2.24) is 5.32 Å². The molecule has 1 fully saturated rings. The van der Waals surface area contributed by atoms with Crippen molar-refractivity contribution in [1.29, 1.82) is 0 Å². The summed E-state index contributed by atoms with van der Waals surface area (Å²) in [4.78, 5) is 13.4. The van der Waals surface area contributed by atoms with E-state index in [1.807, 2.05) is 42.5 Å². The van der Waals surface area contributed by atoms with Crippen LogP contribution in [0.1, 0.15) is 33.5 Å². The van der Waals surface area contributed by atoms with Crippen LogP contribution < -0.4 is 5.32 Å². The van der Waals surface area contributed by atoms with E-state index in [-0.39, 0.29) is 11.3 Å². The first-order valence-electron chi connectivity index (χ1n) is 10.4. The Labute approximate surface area is 187 Å². The Morgan fingerprint density at radius 3 is 1.61 bits per heavy atom. The molecule has 152 valence electrons. The van der Waals surface area contributed by atoms with Crippen molar-refractivity contribution < 1.29 is 4.79 Å². The molecule has 1 atom stereocenters. The number of benzene rings is 4. The summed E-state index contributed by atoms with van der Waals surface area (Å²) in [7, 11) is 0. The molecule has 0 spiro atoms. The quantitative estimate of drug-likeness (QED) is 0.398. The molecule has 1 saturated carbocycles. The van der Waals surface area contributed by atoms with E-state index in [0.717, 1.165) is 12.0 Å². The Morgan fingerprint density at radius 1 is 0.645 bits per heavy atom. The van der Waals surface area contributed by atoms with Gasteiger partial charge in [0, 0.05) is 0 Å². The minimum Gasteiger partial charge on any atom is -0.341 e. The van der Waals surface area contributed by atoms with Crippen molar-refractivity contribution >= 4 is 17.5 Å². The molecule has 5 rings (SSSR count). The molecule has 1 aliphatic rings. The van der Waals surface area contributed by atoms with Gasteiger partial charge in [-0.05, 0) is 35.2 Å². The van der Waals surface area contributed by atoms with Gasteiger partial charge >= 0.3 is 0 Å². The van der Waals surface area contributed by atoms with Gasteiger partial charge < -0.3 is 5.32 Å². The van der Waals surface area contributed by atoms with Gasteiger partial charge in [-0.15, -0.1) is 0 Å². The van der Waals surface area contributed by atoms with Crippen molar-refractivity contribution in [3.05, 3.63) is 143 Å². The number of carbonyl (C=O) groups excluding carboxylic acids is 1. The number of amides is 1. The second-order valence-corrected chi connectivity index (χ2v) is 8.43. The lowest BCUT2D eigenvalue weighted by Gasteiger charge is -2.29. The Kier molecular flexibility index (Phi) is 4.88. The number of rotatable bonds is 5. The molecular formula is C28H22ClNO. The molecule has 1 N–H and O–H groups in total. The molecule has 0 radical (unpaired) electrons. The first-order chi connectivity index (χ1) is 15.2. The van der Waals surface area contributed by atoms with E-state index < -0.39 is 5.54 Å². The zero-order valence-corrected chi connectivity index (χ0v) is 17.7. The van der Waals surface area contributed by atoms with Crippen molar-refractivity contribution in [2.24, 2.45) is 0 Å². The second kappa shape index (κ2) is 7.72. The van der Waals surface area contributed by atoms with Crippen LogP contribution in [0.15, 0.2) is 115 Å². The first-order valence-corrected chi connectivity index (χ1v) is 10.8. The van der Waals surface area contributed by atoms with Gasteiger partial charge in [-0.3, -0.25) is 4.79 Å². The number of nitrogens with one attached hydrogen (secondary N) is 1. The molecule has 3 heteroatoms. The van der Waals surface area contributed by atoms with E-state index in [9.17, 15) is 4.79 Å². The number of hydrogen-bond acceptors (Lipinski definition) is 1. The van der Waals surface area contributed by atoms with Crippen molar-refractivity contribution in [3.63, 3.8) is 0 Å². The summed E-state index contributed by atoms with van der Waals surface area (Å²) in [6.45, 7) is 0. The van der Waals surface area contributed by atoms with E-state index in [2.05, 4.69) is 66.0 Å². The SMILES string of the molecule is O=C(NC1(c2ccccc2)CC1(c1ccccc1)c1ccccc1)c1ccccc1Cl. The highest BCUT2D eigenvalue weighted by molar-refractivity contribution is 6.33. The summed E-state index contributed by atoms with van der Waals surface area (Å²) < 4.78 is 0. The molecule has 1 amide bonds. The fraction of sp³-hybridized carbons (Fsp3) is 0.107. The maximum Gasteiger partial charge on any atom is 0.253 e. The van der Waals surface area contributed by atoms with Crippen LogP contribution in [0.4, 0.5) is 0 Å². The van der Waals surface area contributed by atoms with Gasteiger partial charge in [0.1, 0.15) is 0 Å². The van der Waals surface area contributed by atoms with Crippen LogP contribution in [-0.2, 0) is 11.0 Å². The van der Waals surface area contributed by atoms with Crippen molar-refractivity contribution in [2.45, 2.75) is 17.4 Å².